The van der Waals surface area contributed by atoms with Gasteiger partial charge in [-0.3, -0.25) is 9.59 Å². The van der Waals surface area contributed by atoms with Gasteiger partial charge in [-0.05, 0) is 0 Å². The van der Waals surface area contributed by atoms with Crippen LogP contribution in [-0.4, -0.2) is 77.0 Å². The Bertz CT molecular complexity index is 1050. The highest BCUT2D eigenvalue weighted by molar-refractivity contribution is 5.76. The van der Waals surface area contributed by atoms with Crippen LogP contribution in [0.25, 0.3) is 0 Å². The summed E-state index contributed by atoms with van der Waals surface area (Å²) in [7, 11) is 0. The van der Waals surface area contributed by atoms with Crippen molar-refractivity contribution in [2.75, 3.05) is 50.9 Å². The molecule has 0 aliphatic carbocycles. The third-order valence-electron chi connectivity index (χ3n) is 4.93. The van der Waals surface area contributed by atoms with E-state index in [1.807, 2.05) is 0 Å². The molecule has 1 aliphatic rings. The van der Waals surface area contributed by atoms with Crippen LogP contribution < -0.4 is 15.2 Å². The van der Waals surface area contributed by atoms with Crippen LogP contribution in [0.1, 0.15) is 17.5 Å². The van der Waals surface area contributed by atoms with Crippen LogP contribution in [0.4, 0.5) is 32.3 Å². The predicted molar refractivity (Wildman–Crippen MR) is 107 cm³/mol. The molecule has 10 nitrogen and oxygen atoms in total. The first-order chi connectivity index (χ1) is 16.5. The van der Waals surface area contributed by atoms with Gasteiger partial charge in [0.05, 0.1) is 31.4 Å². The standard InChI is InChI=1S/C19H20F6N6O4/c20-18(21,22)12-9-26-17(27-10-12)31-4-2-30(3-5-31)14(32)1-6-34-7-8-35-13-11-28-29-16(33)15(13)19(23,24)25/h9-11H,1-8H2,(H,29,33). The lowest BCUT2D eigenvalue weighted by atomic mass is 10.3. The van der Waals surface area contributed by atoms with Gasteiger partial charge >= 0.3 is 12.4 Å². The highest BCUT2D eigenvalue weighted by atomic mass is 19.4. The van der Waals surface area contributed by atoms with E-state index in [0.29, 0.717) is 38.6 Å². The maximum absolute atomic E-state index is 12.9. The van der Waals surface area contributed by atoms with Crippen molar-refractivity contribution in [3.05, 3.63) is 40.1 Å². The predicted octanol–water partition coefficient (Wildman–Crippen LogP) is 1.73. The number of halogens is 6. The van der Waals surface area contributed by atoms with Crippen LogP contribution in [0.5, 0.6) is 5.75 Å². The van der Waals surface area contributed by atoms with Gasteiger partial charge in [-0.15, -0.1) is 0 Å². The number of hydrogen-bond donors (Lipinski definition) is 1. The highest BCUT2D eigenvalue weighted by Gasteiger charge is 2.38. The molecular formula is C19H20F6N6O4. The average molecular weight is 510 g/mol. The summed E-state index contributed by atoms with van der Waals surface area (Å²) in [5, 5.41) is 4.97. The SMILES string of the molecule is O=C(CCOCCOc1cn[nH]c(=O)c1C(F)(F)F)N1CCN(c2ncc(C(F)(F)F)cn2)CC1. The molecule has 2 aromatic heterocycles. The number of hydrogen-bond acceptors (Lipinski definition) is 8. The summed E-state index contributed by atoms with van der Waals surface area (Å²) in [6, 6.07) is 0. The normalized spacial score (nSPS) is 14.8. The first kappa shape index (κ1) is 26.2. The second-order valence-corrected chi connectivity index (χ2v) is 7.28. The van der Waals surface area contributed by atoms with Crippen LogP contribution >= 0.6 is 0 Å². The minimum atomic E-state index is -4.91. The summed E-state index contributed by atoms with van der Waals surface area (Å²) in [6.07, 6.45) is -7.28. The van der Waals surface area contributed by atoms with E-state index >= 15 is 0 Å². The number of carbonyl (C=O) groups is 1. The molecule has 1 N–H and O–H groups in total. The number of piperazine rings is 1. The monoisotopic (exact) mass is 510 g/mol. The highest BCUT2D eigenvalue weighted by Crippen LogP contribution is 2.32. The fraction of sp³-hybridized carbons (Fsp3) is 0.526. The Balaban J connectivity index is 1.36. The number of ether oxygens (including phenoxy) is 2. The van der Waals surface area contributed by atoms with E-state index in [2.05, 4.69) is 15.1 Å². The average Bonchev–Trinajstić information content (AvgIpc) is 2.80. The van der Waals surface area contributed by atoms with Gasteiger partial charge in [-0.25, -0.2) is 15.1 Å². The number of amides is 1. The van der Waals surface area contributed by atoms with E-state index in [1.165, 1.54) is 0 Å². The van der Waals surface area contributed by atoms with E-state index in [4.69, 9.17) is 9.47 Å². The number of rotatable bonds is 8. The van der Waals surface area contributed by atoms with Gasteiger partial charge in [0.15, 0.2) is 11.3 Å². The number of carbonyl (C=O) groups excluding carboxylic acids is 1. The Morgan fingerprint density at radius 1 is 0.943 bits per heavy atom. The molecular weight excluding hydrogens is 490 g/mol. The van der Waals surface area contributed by atoms with E-state index in [1.54, 1.807) is 14.9 Å². The summed E-state index contributed by atoms with van der Waals surface area (Å²) in [6.45, 7) is 0.841. The number of nitrogens with zero attached hydrogens (tertiary/aromatic N) is 5. The number of nitrogens with one attached hydrogen (secondary N) is 1. The molecule has 1 aliphatic heterocycles. The van der Waals surface area contributed by atoms with Gasteiger partial charge < -0.3 is 19.3 Å². The maximum Gasteiger partial charge on any atom is 0.425 e. The third-order valence-corrected chi connectivity index (χ3v) is 4.93. The summed E-state index contributed by atoms with van der Waals surface area (Å²) >= 11 is 0. The molecule has 1 amide bonds. The van der Waals surface area contributed by atoms with Crippen molar-refractivity contribution in [2.45, 2.75) is 18.8 Å². The topological polar surface area (TPSA) is 114 Å². The van der Waals surface area contributed by atoms with E-state index < -0.39 is 34.8 Å². The summed E-state index contributed by atoms with van der Waals surface area (Å²) in [5.74, 6) is -0.814. The molecule has 35 heavy (non-hydrogen) atoms. The van der Waals surface area contributed by atoms with Crippen LogP contribution in [0.15, 0.2) is 23.4 Å². The Labute approximate surface area is 193 Å². The summed E-state index contributed by atoms with van der Waals surface area (Å²) in [4.78, 5) is 34.4. The molecule has 0 radical (unpaired) electrons. The van der Waals surface area contributed by atoms with E-state index in [-0.39, 0.29) is 38.1 Å². The number of anilines is 1. The van der Waals surface area contributed by atoms with Crippen LogP contribution in [0.3, 0.4) is 0 Å². The van der Waals surface area contributed by atoms with Crippen molar-refractivity contribution >= 4 is 11.9 Å². The quantitative estimate of drug-likeness (QED) is 0.422. The van der Waals surface area contributed by atoms with E-state index in [9.17, 15) is 35.9 Å². The van der Waals surface area contributed by atoms with Gasteiger partial charge in [-0.1, -0.05) is 0 Å². The van der Waals surface area contributed by atoms with Gasteiger partial charge in [0.1, 0.15) is 6.61 Å². The molecule has 16 heteroatoms. The van der Waals surface area contributed by atoms with Crippen LogP contribution in [0.2, 0.25) is 0 Å². The van der Waals surface area contributed by atoms with Crippen molar-refractivity contribution in [3.63, 3.8) is 0 Å². The first-order valence-electron chi connectivity index (χ1n) is 10.2. The lowest BCUT2D eigenvalue weighted by Gasteiger charge is -2.34. The zero-order valence-corrected chi connectivity index (χ0v) is 18.0. The molecule has 1 fully saturated rings. The number of aromatic nitrogens is 4. The van der Waals surface area contributed by atoms with Gasteiger partial charge in [0, 0.05) is 38.6 Å². The molecule has 0 aromatic carbocycles. The van der Waals surface area contributed by atoms with Crippen molar-refractivity contribution in [1.82, 2.24) is 25.1 Å². The van der Waals surface area contributed by atoms with Crippen LogP contribution in [-0.2, 0) is 21.9 Å². The fourth-order valence-corrected chi connectivity index (χ4v) is 3.18. The van der Waals surface area contributed by atoms with Gasteiger partial charge in [0.2, 0.25) is 11.9 Å². The second-order valence-electron chi connectivity index (χ2n) is 7.28. The Morgan fingerprint density at radius 2 is 1.60 bits per heavy atom. The summed E-state index contributed by atoms with van der Waals surface area (Å²) in [5.41, 5.74) is -3.87. The zero-order chi connectivity index (χ0) is 25.6. The molecule has 0 unspecified atom stereocenters. The molecule has 3 heterocycles. The third kappa shape index (κ3) is 7.03. The molecule has 2 aromatic rings. The van der Waals surface area contributed by atoms with Gasteiger partial charge in [0.25, 0.3) is 5.56 Å². The smallest absolute Gasteiger partial charge is 0.425 e. The second kappa shape index (κ2) is 10.9. The molecule has 192 valence electrons. The van der Waals surface area contributed by atoms with E-state index in [0.717, 1.165) is 6.20 Å². The van der Waals surface area contributed by atoms with Crippen molar-refractivity contribution in [3.8, 4) is 5.75 Å². The lowest BCUT2D eigenvalue weighted by molar-refractivity contribution is -0.140. The molecule has 1 saturated heterocycles. The van der Waals surface area contributed by atoms with Gasteiger partial charge in [-0.2, -0.15) is 31.4 Å². The largest absolute Gasteiger partial charge is 0.489 e. The van der Waals surface area contributed by atoms with Crippen molar-refractivity contribution in [1.29, 1.82) is 0 Å². The summed E-state index contributed by atoms with van der Waals surface area (Å²) < 4.78 is 86.8. The first-order valence-corrected chi connectivity index (χ1v) is 10.2. The lowest BCUT2D eigenvalue weighted by Crippen LogP contribution is -2.49. The zero-order valence-electron chi connectivity index (χ0n) is 18.0. The maximum atomic E-state index is 12.9. The van der Waals surface area contributed by atoms with Crippen molar-refractivity contribution in [2.24, 2.45) is 0 Å². The molecule has 3 rings (SSSR count). The minimum Gasteiger partial charge on any atom is -0.489 e. The Morgan fingerprint density at radius 3 is 2.20 bits per heavy atom. The minimum absolute atomic E-state index is 0.00975. The molecule has 0 spiro atoms. The number of aromatic amines is 1. The molecule has 0 atom stereocenters. The van der Waals surface area contributed by atoms with Crippen molar-refractivity contribution < 1.29 is 40.6 Å². The van der Waals surface area contributed by atoms with Crippen LogP contribution in [0, 0.1) is 0 Å². The number of H-pyrrole nitrogens is 1. The molecule has 0 saturated carbocycles. The Hall–Kier alpha value is -3.43. The molecule has 0 bridgehead atoms. The number of alkyl halides is 6. The fourth-order valence-electron chi connectivity index (χ4n) is 3.18. The Kier molecular flexibility index (Phi) is 8.14.